The lowest BCUT2D eigenvalue weighted by Gasteiger charge is -2.06. The van der Waals surface area contributed by atoms with Crippen LogP contribution in [0.3, 0.4) is 0 Å². The summed E-state index contributed by atoms with van der Waals surface area (Å²) in [6.07, 6.45) is 3.75. The maximum atomic E-state index is 12.4. The van der Waals surface area contributed by atoms with E-state index in [4.69, 9.17) is 4.74 Å². The minimum atomic E-state index is -0.284. The van der Waals surface area contributed by atoms with Gasteiger partial charge in [0.2, 0.25) is 0 Å². The number of nitrogens with one attached hydrogen (secondary N) is 1. The number of benzene rings is 3. The Kier molecular flexibility index (Phi) is 5.61. The van der Waals surface area contributed by atoms with Crippen LogP contribution in [-0.2, 0) is 6.54 Å². The molecule has 1 heterocycles. The molecule has 30 heavy (non-hydrogen) atoms. The van der Waals surface area contributed by atoms with Gasteiger partial charge in [-0.3, -0.25) is 4.79 Å². The molecule has 3 aromatic carbocycles. The van der Waals surface area contributed by atoms with E-state index < -0.39 is 0 Å². The SMILES string of the molecule is COc1cccc(C(=O)N/N=C\c2cn(Cc3ccc(C)cc3)c3ccccc23)c1. The number of hydrogen-bond acceptors (Lipinski definition) is 3. The number of amides is 1. The van der Waals surface area contributed by atoms with Gasteiger partial charge in [-0.05, 0) is 36.8 Å². The summed E-state index contributed by atoms with van der Waals surface area (Å²) in [5.74, 6) is 0.347. The Balaban J connectivity index is 1.55. The average Bonchev–Trinajstić information content (AvgIpc) is 3.13. The van der Waals surface area contributed by atoms with Gasteiger partial charge in [-0.1, -0.05) is 54.1 Å². The van der Waals surface area contributed by atoms with Crippen LogP contribution in [-0.4, -0.2) is 23.8 Å². The molecule has 5 heteroatoms. The standard InChI is InChI=1S/C25H23N3O2/c1-18-10-12-19(13-11-18)16-28-17-21(23-8-3-4-9-24(23)28)15-26-27-25(29)20-6-5-7-22(14-20)30-2/h3-15,17H,16H2,1-2H3,(H,27,29)/b26-15-. The number of nitrogens with zero attached hydrogens (tertiary/aromatic N) is 2. The van der Waals surface area contributed by atoms with Crippen molar-refractivity contribution in [2.45, 2.75) is 13.5 Å². The van der Waals surface area contributed by atoms with Crippen molar-refractivity contribution in [2.75, 3.05) is 7.11 Å². The van der Waals surface area contributed by atoms with Crippen molar-refractivity contribution in [2.24, 2.45) is 5.10 Å². The molecule has 0 spiro atoms. The van der Waals surface area contributed by atoms with Gasteiger partial charge in [-0.2, -0.15) is 5.10 Å². The Morgan fingerprint density at radius 2 is 1.87 bits per heavy atom. The predicted molar refractivity (Wildman–Crippen MR) is 120 cm³/mol. The Bertz CT molecular complexity index is 1210. The van der Waals surface area contributed by atoms with Gasteiger partial charge < -0.3 is 9.30 Å². The van der Waals surface area contributed by atoms with E-state index in [0.717, 1.165) is 23.0 Å². The van der Waals surface area contributed by atoms with Gasteiger partial charge in [0.25, 0.3) is 5.91 Å². The molecular weight excluding hydrogens is 374 g/mol. The molecule has 1 aromatic heterocycles. The summed E-state index contributed by atoms with van der Waals surface area (Å²) < 4.78 is 7.36. The molecule has 0 saturated carbocycles. The predicted octanol–water partition coefficient (Wildman–Crippen LogP) is 4.77. The summed E-state index contributed by atoms with van der Waals surface area (Å²) >= 11 is 0. The van der Waals surface area contributed by atoms with Crippen LogP contribution in [0.25, 0.3) is 10.9 Å². The fourth-order valence-corrected chi connectivity index (χ4v) is 3.39. The number of hydrogen-bond donors (Lipinski definition) is 1. The minimum Gasteiger partial charge on any atom is -0.497 e. The molecule has 150 valence electrons. The lowest BCUT2D eigenvalue weighted by Crippen LogP contribution is -2.17. The molecule has 0 saturated heterocycles. The zero-order chi connectivity index (χ0) is 20.9. The van der Waals surface area contributed by atoms with Crippen molar-refractivity contribution in [1.29, 1.82) is 0 Å². The van der Waals surface area contributed by atoms with Crippen molar-refractivity contribution in [3.63, 3.8) is 0 Å². The average molecular weight is 397 g/mol. The molecule has 0 fully saturated rings. The van der Waals surface area contributed by atoms with E-state index >= 15 is 0 Å². The van der Waals surface area contributed by atoms with Gasteiger partial charge in [-0.15, -0.1) is 0 Å². The number of carbonyl (C=O) groups is 1. The first-order chi connectivity index (χ1) is 14.6. The van der Waals surface area contributed by atoms with Gasteiger partial charge >= 0.3 is 0 Å². The molecule has 4 rings (SSSR count). The molecule has 0 atom stereocenters. The third-order valence-electron chi connectivity index (χ3n) is 4.99. The normalized spacial score (nSPS) is 11.1. The number of rotatable bonds is 6. The fraction of sp³-hybridized carbons (Fsp3) is 0.120. The highest BCUT2D eigenvalue weighted by molar-refractivity contribution is 6.00. The molecular formula is C25H23N3O2. The zero-order valence-corrected chi connectivity index (χ0v) is 17.0. The van der Waals surface area contributed by atoms with E-state index in [1.165, 1.54) is 11.1 Å². The Labute approximate surface area is 175 Å². The van der Waals surface area contributed by atoms with Crippen LogP contribution in [0.2, 0.25) is 0 Å². The third kappa shape index (κ3) is 4.25. The van der Waals surface area contributed by atoms with Gasteiger partial charge in [0.05, 0.1) is 13.3 Å². The second-order valence-electron chi connectivity index (χ2n) is 7.15. The van der Waals surface area contributed by atoms with Crippen LogP contribution in [0.1, 0.15) is 27.0 Å². The topological polar surface area (TPSA) is 55.6 Å². The summed E-state index contributed by atoms with van der Waals surface area (Å²) in [6.45, 7) is 2.86. The first-order valence-corrected chi connectivity index (χ1v) is 9.75. The maximum Gasteiger partial charge on any atom is 0.271 e. The lowest BCUT2D eigenvalue weighted by atomic mass is 10.1. The highest BCUT2D eigenvalue weighted by Gasteiger charge is 2.08. The Morgan fingerprint density at radius 3 is 2.67 bits per heavy atom. The number of para-hydroxylation sites is 1. The van der Waals surface area contributed by atoms with Crippen molar-refractivity contribution < 1.29 is 9.53 Å². The van der Waals surface area contributed by atoms with E-state index in [9.17, 15) is 4.79 Å². The molecule has 0 radical (unpaired) electrons. The van der Waals surface area contributed by atoms with E-state index in [-0.39, 0.29) is 5.91 Å². The number of aryl methyl sites for hydroxylation is 1. The van der Waals surface area contributed by atoms with E-state index in [2.05, 4.69) is 64.6 Å². The summed E-state index contributed by atoms with van der Waals surface area (Å²) in [5.41, 5.74) is 7.64. The highest BCUT2D eigenvalue weighted by atomic mass is 16.5. The first kappa shape index (κ1) is 19.5. The van der Waals surface area contributed by atoms with E-state index in [1.54, 1.807) is 37.6 Å². The van der Waals surface area contributed by atoms with E-state index in [0.29, 0.717) is 11.3 Å². The van der Waals surface area contributed by atoms with Crippen LogP contribution < -0.4 is 10.2 Å². The fourth-order valence-electron chi connectivity index (χ4n) is 3.39. The van der Waals surface area contributed by atoms with Crippen LogP contribution in [0.4, 0.5) is 0 Å². The highest BCUT2D eigenvalue weighted by Crippen LogP contribution is 2.21. The largest absolute Gasteiger partial charge is 0.497 e. The van der Waals surface area contributed by atoms with Gasteiger partial charge in [0.1, 0.15) is 5.75 Å². The van der Waals surface area contributed by atoms with Crippen molar-refractivity contribution in [3.8, 4) is 5.75 Å². The van der Waals surface area contributed by atoms with Crippen molar-refractivity contribution in [1.82, 2.24) is 9.99 Å². The quantitative estimate of drug-likeness (QED) is 0.376. The monoisotopic (exact) mass is 397 g/mol. The Hall–Kier alpha value is -3.86. The third-order valence-corrected chi connectivity index (χ3v) is 4.99. The first-order valence-electron chi connectivity index (χ1n) is 9.75. The molecule has 1 N–H and O–H groups in total. The van der Waals surface area contributed by atoms with Crippen LogP contribution in [0.5, 0.6) is 5.75 Å². The van der Waals surface area contributed by atoms with Crippen molar-refractivity contribution >= 4 is 23.0 Å². The van der Waals surface area contributed by atoms with Crippen LogP contribution in [0.15, 0.2) is 84.1 Å². The second-order valence-corrected chi connectivity index (χ2v) is 7.15. The molecule has 0 aliphatic heterocycles. The van der Waals surface area contributed by atoms with E-state index in [1.807, 2.05) is 12.1 Å². The molecule has 0 unspecified atom stereocenters. The minimum absolute atomic E-state index is 0.284. The smallest absolute Gasteiger partial charge is 0.271 e. The number of methoxy groups -OCH3 is 1. The number of hydrazone groups is 1. The van der Waals surface area contributed by atoms with Gasteiger partial charge in [0, 0.05) is 34.8 Å². The number of ether oxygens (including phenoxy) is 1. The number of fused-ring (bicyclic) bond motifs is 1. The van der Waals surface area contributed by atoms with Crippen LogP contribution >= 0.6 is 0 Å². The maximum absolute atomic E-state index is 12.4. The molecule has 0 bridgehead atoms. The van der Waals surface area contributed by atoms with Gasteiger partial charge in [0.15, 0.2) is 0 Å². The second kappa shape index (κ2) is 8.66. The van der Waals surface area contributed by atoms with Gasteiger partial charge in [-0.25, -0.2) is 5.43 Å². The summed E-state index contributed by atoms with van der Waals surface area (Å²) in [7, 11) is 1.57. The number of aromatic nitrogens is 1. The molecule has 0 aliphatic carbocycles. The molecule has 4 aromatic rings. The molecule has 1 amide bonds. The van der Waals surface area contributed by atoms with Crippen LogP contribution in [0, 0.1) is 6.92 Å². The number of carbonyl (C=O) groups excluding carboxylic acids is 1. The summed E-state index contributed by atoms with van der Waals surface area (Å²) in [5, 5.41) is 5.26. The lowest BCUT2D eigenvalue weighted by molar-refractivity contribution is 0.0955. The zero-order valence-electron chi connectivity index (χ0n) is 17.0. The molecule has 0 aliphatic rings. The summed E-state index contributed by atoms with van der Waals surface area (Å²) in [6, 6.07) is 23.7. The van der Waals surface area contributed by atoms with Crippen molar-refractivity contribution in [3.05, 3.63) is 101 Å². The summed E-state index contributed by atoms with van der Waals surface area (Å²) in [4.78, 5) is 12.4. The molecule has 5 nitrogen and oxygen atoms in total. The Morgan fingerprint density at radius 1 is 1.07 bits per heavy atom.